The van der Waals surface area contributed by atoms with Crippen LogP contribution >= 0.6 is 0 Å². The van der Waals surface area contributed by atoms with Crippen molar-refractivity contribution in [3.05, 3.63) is 35.9 Å². The molecule has 0 aromatic heterocycles. The van der Waals surface area contributed by atoms with Gasteiger partial charge in [-0.2, -0.15) is 0 Å². The fourth-order valence-corrected chi connectivity index (χ4v) is 3.62. The van der Waals surface area contributed by atoms with E-state index in [-0.39, 0.29) is 0 Å². The molecule has 0 N–H and O–H groups in total. The monoisotopic (exact) mass is 208 g/mol. The van der Waals surface area contributed by atoms with Gasteiger partial charge in [-0.05, 0) is 18.4 Å². The molecule has 1 atom stereocenters. The molecule has 1 nitrogen and oxygen atoms in total. The predicted octanol–water partition coefficient (Wildman–Crippen LogP) is 2.88. The Morgan fingerprint density at radius 2 is 1.79 bits per heavy atom. The summed E-state index contributed by atoms with van der Waals surface area (Å²) < 4.78 is 11.9. The Kier molecular flexibility index (Phi) is 3.35. The largest absolute Gasteiger partial charge is 0.259 e. The molecule has 1 unspecified atom stereocenters. The molecule has 1 fully saturated rings. The zero-order valence-corrected chi connectivity index (χ0v) is 9.13. The van der Waals surface area contributed by atoms with Gasteiger partial charge >= 0.3 is 0 Å². The molecular formula is C12H16OS. The first kappa shape index (κ1) is 9.91. The van der Waals surface area contributed by atoms with Gasteiger partial charge in [0.1, 0.15) is 0 Å². The van der Waals surface area contributed by atoms with E-state index < -0.39 is 10.8 Å². The van der Waals surface area contributed by atoms with Gasteiger partial charge in [-0.15, -0.1) is 0 Å². The van der Waals surface area contributed by atoms with E-state index in [2.05, 4.69) is 12.1 Å². The van der Waals surface area contributed by atoms with E-state index in [0.29, 0.717) is 5.25 Å². The SMILES string of the molecule is O=S(Cc1ccccc1)C1CCCC1. The molecule has 0 saturated heterocycles. The third kappa shape index (κ3) is 2.44. The minimum Gasteiger partial charge on any atom is -0.259 e. The van der Waals surface area contributed by atoms with Crippen LogP contribution in [0.25, 0.3) is 0 Å². The molecule has 1 aliphatic carbocycles. The van der Waals surface area contributed by atoms with Gasteiger partial charge in [-0.3, -0.25) is 4.21 Å². The minimum absolute atomic E-state index is 0.468. The second kappa shape index (κ2) is 4.74. The summed E-state index contributed by atoms with van der Waals surface area (Å²) >= 11 is 0. The Balaban J connectivity index is 1.94. The highest BCUT2D eigenvalue weighted by molar-refractivity contribution is 7.84. The molecule has 0 bridgehead atoms. The van der Waals surface area contributed by atoms with Crippen LogP contribution in [0.15, 0.2) is 30.3 Å². The Hall–Kier alpha value is -0.630. The van der Waals surface area contributed by atoms with Gasteiger partial charge in [-0.25, -0.2) is 0 Å². The molecule has 0 amide bonds. The van der Waals surface area contributed by atoms with Gasteiger partial charge in [0, 0.05) is 21.8 Å². The maximum absolute atomic E-state index is 11.9. The van der Waals surface area contributed by atoms with Crippen LogP contribution in [0.2, 0.25) is 0 Å². The normalized spacial score (nSPS) is 19.7. The quantitative estimate of drug-likeness (QED) is 0.746. The zero-order valence-electron chi connectivity index (χ0n) is 8.32. The molecule has 14 heavy (non-hydrogen) atoms. The molecule has 1 aromatic carbocycles. The Bertz CT molecular complexity index is 301. The van der Waals surface area contributed by atoms with Crippen molar-refractivity contribution in [2.75, 3.05) is 0 Å². The van der Waals surface area contributed by atoms with Crippen molar-refractivity contribution in [1.82, 2.24) is 0 Å². The lowest BCUT2D eigenvalue weighted by Gasteiger charge is -2.08. The first-order chi connectivity index (χ1) is 6.86. The van der Waals surface area contributed by atoms with E-state index in [4.69, 9.17) is 0 Å². The van der Waals surface area contributed by atoms with Crippen LogP contribution in [0.4, 0.5) is 0 Å². The molecule has 2 heteroatoms. The lowest BCUT2D eigenvalue weighted by Crippen LogP contribution is -2.11. The molecule has 0 aliphatic heterocycles. The standard InChI is InChI=1S/C12H16OS/c13-14(12-8-4-5-9-12)10-11-6-2-1-3-7-11/h1-3,6-7,12H,4-5,8-10H2. The molecule has 0 spiro atoms. The van der Waals surface area contributed by atoms with Crippen molar-refractivity contribution in [2.45, 2.75) is 36.7 Å². The van der Waals surface area contributed by atoms with Crippen molar-refractivity contribution in [3.63, 3.8) is 0 Å². The van der Waals surface area contributed by atoms with Gasteiger partial charge in [0.2, 0.25) is 0 Å². The van der Waals surface area contributed by atoms with Crippen molar-refractivity contribution < 1.29 is 4.21 Å². The molecule has 0 heterocycles. The average Bonchev–Trinajstić information content (AvgIpc) is 2.72. The van der Waals surface area contributed by atoms with Crippen molar-refractivity contribution in [1.29, 1.82) is 0 Å². The second-order valence-corrected chi connectivity index (χ2v) is 5.63. The maximum atomic E-state index is 11.9. The summed E-state index contributed by atoms with van der Waals surface area (Å²) in [5.41, 5.74) is 1.21. The predicted molar refractivity (Wildman–Crippen MR) is 60.5 cm³/mol. The molecule has 2 rings (SSSR count). The molecule has 1 saturated carbocycles. The molecule has 76 valence electrons. The summed E-state index contributed by atoms with van der Waals surface area (Å²) in [4.78, 5) is 0. The van der Waals surface area contributed by atoms with Crippen LogP contribution in [-0.4, -0.2) is 9.46 Å². The Morgan fingerprint density at radius 1 is 1.14 bits per heavy atom. The van der Waals surface area contributed by atoms with E-state index in [9.17, 15) is 4.21 Å². The van der Waals surface area contributed by atoms with Crippen LogP contribution in [0.3, 0.4) is 0 Å². The highest BCUT2D eigenvalue weighted by Crippen LogP contribution is 2.24. The lowest BCUT2D eigenvalue weighted by molar-refractivity contribution is 0.668. The van der Waals surface area contributed by atoms with Gasteiger partial charge in [-0.1, -0.05) is 43.2 Å². The molecule has 1 aromatic rings. The number of hydrogen-bond donors (Lipinski definition) is 0. The van der Waals surface area contributed by atoms with Crippen molar-refractivity contribution >= 4 is 10.8 Å². The third-order valence-electron chi connectivity index (χ3n) is 2.83. The number of hydrogen-bond acceptors (Lipinski definition) is 1. The summed E-state index contributed by atoms with van der Waals surface area (Å²) in [6.45, 7) is 0. The van der Waals surface area contributed by atoms with Gasteiger partial charge in [0.05, 0.1) is 0 Å². The summed E-state index contributed by atoms with van der Waals surface area (Å²) in [5.74, 6) is 0.742. The van der Waals surface area contributed by atoms with E-state index in [1.54, 1.807) is 0 Å². The van der Waals surface area contributed by atoms with E-state index >= 15 is 0 Å². The van der Waals surface area contributed by atoms with Gasteiger partial charge in [0.15, 0.2) is 0 Å². The highest BCUT2D eigenvalue weighted by Gasteiger charge is 2.20. The lowest BCUT2D eigenvalue weighted by atomic mass is 10.2. The fourth-order valence-electron chi connectivity index (χ4n) is 2.01. The Labute approximate surface area is 88.0 Å². The molecule has 1 aliphatic rings. The van der Waals surface area contributed by atoms with Crippen molar-refractivity contribution in [3.8, 4) is 0 Å². The number of rotatable bonds is 3. The molecule has 0 radical (unpaired) electrons. The van der Waals surface area contributed by atoms with Crippen LogP contribution in [0.1, 0.15) is 31.2 Å². The fraction of sp³-hybridized carbons (Fsp3) is 0.500. The summed E-state index contributed by atoms with van der Waals surface area (Å²) in [5, 5.41) is 0.468. The summed E-state index contributed by atoms with van der Waals surface area (Å²) in [7, 11) is -0.646. The van der Waals surface area contributed by atoms with Crippen LogP contribution in [-0.2, 0) is 16.6 Å². The first-order valence-corrected chi connectivity index (χ1v) is 6.65. The smallest absolute Gasteiger partial charge is 0.0488 e. The van der Waals surface area contributed by atoms with Crippen molar-refractivity contribution in [2.24, 2.45) is 0 Å². The first-order valence-electron chi connectivity index (χ1n) is 5.27. The Morgan fingerprint density at radius 3 is 2.43 bits per heavy atom. The second-order valence-electron chi connectivity index (χ2n) is 3.92. The summed E-state index contributed by atoms with van der Waals surface area (Å²) in [6, 6.07) is 10.2. The maximum Gasteiger partial charge on any atom is 0.0488 e. The molecular weight excluding hydrogens is 192 g/mol. The van der Waals surface area contributed by atoms with Crippen LogP contribution in [0.5, 0.6) is 0 Å². The third-order valence-corrected chi connectivity index (χ3v) is 4.66. The highest BCUT2D eigenvalue weighted by atomic mass is 32.2. The van der Waals surface area contributed by atoms with Crippen LogP contribution < -0.4 is 0 Å². The van der Waals surface area contributed by atoms with E-state index in [1.165, 1.54) is 31.2 Å². The summed E-state index contributed by atoms with van der Waals surface area (Å²) in [6.07, 6.45) is 4.87. The van der Waals surface area contributed by atoms with Gasteiger partial charge in [0.25, 0.3) is 0 Å². The average molecular weight is 208 g/mol. The van der Waals surface area contributed by atoms with E-state index in [1.807, 2.05) is 18.2 Å². The van der Waals surface area contributed by atoms with E-state index in [0.717, 1.165) is 5.75 Å². The minimum atomic E-state index is -0.646. The topological polar surface area (TPSA) is 17.1 Å². The van der Waals surface area contributed by atoms with Crippen LogP contribution in [0, 0.1) is 0 Å². The number of benzene rings is 1. The van der Waals surface area contributed by atoms with Gasteiger partial charge < -0.3 is 0 Å². The zero-order chi connectivity index (χ0) is 9.80.